The van der Waals surface area contributed by atoms with Gasteiger partial charge in [0.05, 0.1) is 12.0 Å². The molecule has 186 valence electrons. The quantitative estimate of drug-likeness (QED) is 0.348. The van der Waals surface area contributed by atoms with E-state index in [9.17, 15) is 28.1 Å². The first-order valence-electron chi connectivity index (χ1n) is 10.4. The molecule has 12 heteroatoms. The van der Waals surface area contributed by atoms with Gasteiger partial charge in [-0.2, -0.15) is 13.2 Å². The second-order valence-electron chi connectivity index (χ2n) is 7.04. The molecule has 9 nitrogen and oxygen atoms in total. The highest BCUT2D eigenvalue weighted by atomic mass is 19.4. The predicted octanol–water partition coefficient (Wildman–Crippen LogP) is 4.52. The molecule has 0 atom stereocenters. The summed E-state index contributed by atoms with van der Waals surface area (Å²) in [4.78, 5) is 25.4. The zero-order valence-corrected chi connectivity index (χ0v) is 19.0. The highest BCUT2D eigenvalue weighted by Gasteiger charge is 2.29. The summed E-state index contributed by atoms with van der Waals surface area (Å²) in [6.07, 6.45) is -4.60. The fraction of sp³-hybridized carbons (Fsp3) is 0.409. The molecule has 0 saturated heterocycles. The summed E-state index contributed by atoms with van der Waals surface area (Å²) in [5.41, 5.74) is -0.787. The van der Waals surface area contributed by atoms with Crippen molar-refractivity contribution < 1.29 is 37.1 Å². The van der Waals surface area contributed by atoms with Crippen molar-refractivity contribution in [3.63, 3.8) is 0 Å². The first-order valence-corrected chi connectivity index (χ1v) is 10.4. The Labute approximate surface area is 194 Å². The van der Waals surface area contributed by atoms with Gasteiger partial charge < -0.3 is 24.4 Å². The highest BCUT2D eigenvalue weighted by Crippen LogP contribution is 2.31. The lowest BCUT2D eigenvalue weighted by molar-refractivity contribution is -0.385. The summed E-state index contributed by atoms with van der Waals surface area (Å²) >= 11 is 0. The third-order valence-corrected chi connectivity index (χ3v) is 4.79. The Hall–Kier alpha value is -3.54. The van der Waals surface area contributed by atoms with Crippen LogP contribution >= 0.6 is 0 Å². The molecule has 34 heavy (non-hydrogen) atoms. The Balaban J connectivity index is 2.22. The molecular formula is C22H26F3N3O6. The van der Waals surface area contributed by atoms with Crippen LogP contribution in [0.15, 0.2) is 36.4 Å². The number of hydrogen-bond donors (Lipinski definition) is 1. The zero-order valence-electron chi connectivity index (χ0n) is 19.0. The smallest absolute Gasteiger partial charge is 0.422 e. The molecule has 0 bridgehead atoms. The van der Waals surface area contributed by atoms with Crippen LogP contribution in [0.1, 0.15) is 24.2 Å². The van der Waals surface area contributed by atoms with E-state index in [0.29, 0.717) is 24.7 Å². The van der Waals surface area contributed by atoms with Gasteiger partial charge >= 0.3 is 6.18 Å². The van der Waals surface area contributed by atoms with Gasteiger partial charge in [0.1, 0.15) is 17.9 Å². The molecule has 0 unspecified atom stereocenters. The van der Waals surface area contributed by atoms with E-state index in [1.807, 2.05) is 13.8 Å². The topological polar surface area (TPSA) is 103 Å². The lowest BCUT2D eigenvalue weighted by Crippen LogP contribution is -2.28. The van der Waals surface area contributed by atoms with Crippen LogP contribution in [0.5, 0.6) is 17.2 Å². The number of carbonyl (C=O) groups is 1. The van der Waals surface area contributed by atoms with Crippen molar-refractivity contribution in [3.8, 4) is 17.2 Å². The first-order chi connectivity index (χ1) is 16.1. The Morgan fingerprint density at radius 2 is 1.79 bits per heavy atom. The number of alkyl halides is 3. The van der Waals surface area contributed by atoms with Gasteiger partial charge in [0.25, 0.3) is 11.6 Å². The molecule has 0 spiro atoms. The van der Waals surface area contributed by atoms with Crippen LogP contribution < -0.4 is 19.5 Å². The lowest BCUT2D eigenvalue weighted by atomic mass is 10.1. The van der Waals surface area contributed by atoms with Gasteiger partial charge in [-0.15, -0.1) is 0 Å². The van der Waals surface area contributed by atoms with Crippen molar-refractivity contribution in [1.29, 1.82) is 0 Å². The number of nitrogens with zero attached hydrogens (tertiary/aromatic N) is 2. The summed E-state index contributed by atoms with van der Waals surface area (Å²) in [6, 6.07) is 7.36. The number of ether oxygens (including phenoxy) is 3. The predicted molar refractivity (Wildman–Crippen MR) is 119 cm³/mol. The molecule has 0 aliphatic rings. The lowest BCUT2D eigenvalue weighted by Gasteiger charge is -2.19. The van der Waals surface area contributed by atoms with Crippen molar-refractivity contribution in [2.45, 2.75) is 20.0 Å². The van der Waals surface area contributed by atoms with Crippen molar-refractivity contribution >= 4 is 17.3 Å². The normalized spacial score (nSPS) is 11.3. The Morgan fingerprint density at radius 3 is 2.38 bits per heavy atom. The molecule has 0 aliphatic carbocycles. The minimum Gasteiger partial charge on any atom is -0.493 e. The van der Waals surface area contributed by atoms with Crippen molar-refractivity contribution in [3.05, 3.63) is 52.1 Å². The van der Waals surface area contributed by atoms with Crippen LogP contribution in [0, 0.1) is 10.1 Å². The fourth-order valence-electron chi connectivity index (χ4n) is 3.00. The molecule has 0 radical (unpaired) electrons. The molecule has 0 aromatic heterocycles. The standard InChI is InChI=1S/C22H26F3N3O6/c1-4-27(5-2)10-11-33-20-12-15(6-9-19(20)32-3)26-21(29)17-13-16(34-14-22(23,24)25)7-8-18(17)28(30)31/h6-9,12-13H,4-5,10-11,14H2,1-3H3,(H,26,29). The number of nitrogens with one attached hydrogen (secondary N) is 1. The van der Waals surface area contributed by atoms with Crippen LogP contribution in [0.2, 0.25) is 0 Å². The monoisotopic (exact) mass is 485 g/mol. The van der Waals surface area contributed by atoms with Gasteiger partial charge in [-0.25, -0.2) is 0 Å². The number of benzene rings is 2. The number of anilines is 1. The number of amides is 1. The molecule has 1 N–H and O–H groups in total. The SMILES string of the molecule is CCN(CC)CCOc1cc(NC(=O)c2cc(OCC(F)(F)F)ccc2[N+](=O)[O-])ccc1OC. The molecule has 0 saturated carbocycles. The largest absolute Gasteiger partial charge is 0.493 e. The molecule has 0 aliphatic heterocycles. The number of methoxy groups -OCH3 is 1. The molecule has 2 aromatic carbocycles. The fourth-order valence-corrected chi connectivity index (χ4v) is 3.00. The van der Waals surface area contributed by atoms with E-state index < -0.39 is 34.9 Å². The summed E-state index contributed by atoms with van der Waals surface area (Å²) in [5, 5.41) is 13.8. The molecule has 0 fully saturated rings. The van der Waals surface area contributed by atoms with Gasteiger partial charge in [0, 0.05) is 24.4 Å². The molecule has 0 heterocycles. The highest BCUT2D eigenvalue weighted by molar-refractivity contribution is 6.07. The number of hydrogen-bond acceptors (Lipinski definition) is 7. The van der Waals surface area contributed by atoms with Crippen LogP contribution in [-0.2, 0) is 0 Å². The third kappa shape index (κ3) is 7.80. The van der Waals surface area contributed by atoms with E-state index in [1.54, 1.807) is 6.07 Å². The average molecular weight is 485 g/mol. The van der Waals surface area contributed by atoms with Crippen LogP contribution in [-0.4, -0.2) is 61.9 Å². The van der Waals surface area contributed by atoms with Crippen molar-refractivity contribution in [2.24, 2.45) is 0 Å². The number of carbonyl (C=O) groups excluding carboxylic acids is 1. The Morgan fingerprint density at radius 1 is 1.09 bits per heavy atom. The van der Waals surface area contributed by atoms with Gasteiger partial charge in [-0.1, -0.05) is 13.8 Å². The number of rotatable bonds is 12. The number of nitro groups is 1. The van der Waals surface area contributed by atoms with Crippen LogP contribution in [0.25, 0.3) is 0 Å². The molecule has 2 aromatic rings. The van der Waals surface area contributed by atoms with Gasteiger partial charge in [-0.05, 0) is 37.4 Å². The van der Waals surface area contributed by atoms with E-state index in [2.05, 4.69) is 15.0 Å². The minimum absolute atomic E-state index is 0.250. The molecule has 1 amide bonds. The van der Waals surface area contributed by atoms with E-state index >= 15 is 0 Å². The summed E-state index contributed by atoms with van der Waals surface area (Å²) < 4.78 is 53.0. The Kier molecular flexibility index (Phi) is 9.48. The summed E-state index contributed by atoms with van der Waals surface area (Å²) in [5.74, 6) is -0.457. The van der Waals surface area contributed by atoms with Gasteiger partial charge in [0.15, 0.2) is 18.1 Å². The van der Waals surface area contributed by atoms with Crippen molar-refractivity contribution in [2.75, 3.05) is 45.3 Å². The maximum atomic E-state index is 12.8. The molecule has 2 rings (SSSR count). The van der Waals surface area contributed by atoms with Crippen molar-refractivity contribution in [1.82, 2.24) is 4.90 Å². The second-order valence-corrected chi connectivity index (χ2v) is 7.04. The van der Waals surface area contributed by atoms with E-state index in [1.165, 1.54) is 19.2 Å². The minimum atomic E-state index is -4.60. The maximum absolute atomic E-state index is 12.8. The van der Waals surface area contributed by atoms with Gasteiger partial charge in [-0.3, -0.25) is 14.9 Å². The Bertz CT molecular complexity index is 996. The third-order valence-electron chi connectivity index (χ3n) is 4.79. The zero-order chi connectivity index (χ0) is 25.3. The second kappa shape index (κ2) is 12.1. The first kappa shape index (κ1) is 26.7. The van der Waals surface area contributed by atoms with E-state index in [4.69, 9.17) is 9.47 Å². The summed E-state index contributed by atoms with van der Waals surface area (Å²) in [7, 11) is 1.46. The van der Waals surface area contributed by atoms with E-state index in [-0.39, 0.29) is 11.4 Å². The number of likely N-dealkylation sites (N-methyl/N-ethyl adjacent to an activating group) is 1. The van der Waals surface area contributed by atoms with Gasteiger partial charge in [0.2, 0.25) is 0 Å². The number of nitro benzene ring substituents is 1. The maximum Gasteiger partial charge on any atom is 0.422 e. The van der Waals surface area contributed by atoms with Crippen LogP contribution in [0.4, 0.5) is 24.5 Å². The summed E-state index contributed by atoms with van der Waals surface area (Å²) in [6.45, 7) is 5.21. The van der Waals surface area contributed by atoms with E-state index in [0.717, 1.165) is 31.3 Å². The number of halogens is 3. The molecular weight excluding hydrogens is 459 g/mol. The average Bonchev–Trinajstić information content (AvgIpc) is 2.80. The van der Waals surface area contributed by atoms with Crippen LogP contribution in [0.3, 0.4) is 0 Å².